The first-order valence-corrected chi connectivity index (χ1v) is 12.2. The second kappa shape index (κ2) is 11.7. The van der Waals surface area contributed by atoms with Crippen LogP contribution in [-0.2, 0) is 11.4 Å². The number of methoxy groups -OCH3 is 1. The van der Waals surface area contributed by atoms with Gasteiger partial charge < -0.3 is 19.0 Å². The number of rotatable bonds is 9. The van der Waals surface area contributed by atoms with Gasteiger partial charge in [0.1, 0.15) is 11.5 Å². The summed E-state index contributed by atoms with van der Waals surface area (Å²) in [6.45, 7) is 0.199. The molecule has 0 fully saturated rings. The highest BCUT2D eigenvalue weighted by Crippen LogP contribution is 2.34. The number of hydrogen-bond donors (Lipinski definition) is 1. The normalized spacial score (nSPS) is 11.4. The molecule has 0 unspecified atom stereocenters. The zero-order chi connectivity index (χ0) is 25.7. The Kier molecular flexibility index (Phi) is 8.43. The molecule has 0 saturated heterocycles. The molecule has 0 aliphatic carbocycles. The van der Waals surface area contributed by atoms with Crippen molar-refractivity contribution in [1.82, 2.24) is 10.2 Å². The average molecular weight is 564 g/mol. The molecule has 0 amide bonds. The van der Waals surface area contributed by atoms with Crippen molar-refractivity contribution in [3.63, 3.8) is 0 Å². The Bertz CT molecular complexity index is 1420. The van der Waals surface area contributed by atoms with E-state index >= 15 is 0 Å². The third kappa shape index (κ3) is 6.53. The summed E-state index contributed by atoms with van der Waals surface area (Å²) in [4.78, 5) is 11.9. The SMILES string of the molecule is COc1cc(/C=C(\Sc2nnc(-c3ccc(Cl)cc3)o2)C(=O)O)ccc1OCc1ccc(Cl)cc1Cl. The molecular weight excluding hydrogens is 547 g/mol. The van der Waals surface area contributed by atoms with Gasteiger partial charge in [-0.05, 0) is 71.9 Å². The average Bonchev–Trinajstić information content (AvgIpc) is 3.32. The predicted molar refractivity (Wildman–Crippen MR) is 140 cm³/mol. The Morgan fingerprint density at radius 1 is 1.00 bits per heavy atom. The van der Waals surface area contributed by atoms with Crippen molar-refractivity contribution in [2.24, 2.45) is 0 Å². The van der Waals surface area contributed by atoms with Gasteiger partial charge in [0.15, 0.2) is 11.5 Å². The van der Waals surface area contributed by atoms with Gasteiger partial charge in [-0.2, -0.15) is 0 Å². The number of ether oxygens (including phenoxy) is 2. The summed E-state index contributed by atoms with van der Waals surface area (Å²) in [7, 11) is 1.49. The van der Waals surface area contributed by atoms with Crippen molar-refractivity contribution in [2.75, 3.05) is 7.11 Å². The molecule has 0 aliphatic rings. The van der Waals surface area contributed by atoms with Gasteiger partial charge in [-0.15, -0.1) is 10.2 Å². The topological polar surface area (TPSA) is 94.7 Å². The Labute approximate surface area is 225 Å². The molecule has 0 radical (unpaired) electrons. The largest absolute Gasteiger partial charge is 0.493 e. The van der Waals surface area contributed by atoms with E-state index in [1.54, 1.807) is 60.7 Å². The second-order valence-electron chi connectivity index (χ2n) is 7.23. The molecule has 184 valence electrons. The highest BCUT2D eigenvalue weighted by molar-refractivity contribution is 8.03. The van der Waals surface area contributed by atoms with Crippen LogP contribution in [0.25, 0.3) is 17.5 Å². The van der Waals surface area contributed by atoms with E-state index in [9.17, 15) is 9.90 Å². The number of carboxylic acid groups (broad SMARTS) is 1. The summed E-state index contributed by atoms with van der Waals surface area (Å²) in [6.07, 6.45) is 1.47. The number of aromatic nitrogens is 2. The van der Waals surface area contributed by atoms with Crippen LogP contribution in [0, 0.1) is 0 Å². The van der Waals surface area contributed by atoms with Crippen LogP contribution < -0.4 is 9.47 Å². The van der Waals surface area contributed by atoms with E-state index < -0.39 is 5.97 Å². The summed E-state index contributed by atoms with van der Waals surface area (Å²) in [5, 5.41) is 19.3. The number of halogens is 3. The fourth-order valence-electron chi connectivity index (χ4n) is 3.03. The van der Waals surface area contributed by atoms with Crippen LogP contribution in [0.15, 0.2) is 75.2 Å². The lowest BCUT2D eigenvalue weighted by atomic mass is 10.2. The zero-order valence-electron chi connectivity index (χ0n) is 18.6. The molecule has 0 atom stereocenters. The first kappa shape index (κ1) is 25.9. The molecule has 4 rings (SSSR count). The van der Waals surface area contributed by atoms with Crippen molar-refractivity contribution >= 4 is 58.6 Å². The van der Waals surface area contributed by atoms with Gasteiger partial charge in [0.25, 0.3) is 5.22 Å². The summed E-state index contributed by atoms with van der Waals surface area (Å²) in [6, 6.07) is 17.0. The first-order valence-electron chi connectivity index (χ1n) is 10.3. The lowest BCUT2D eigenvalue weighted by molar-refractivity contribution is -0.131. The highest BCUT2D eigenvalue weighted by Gasteiger charge is 2.17. The maximum Gasteiger partial charge on any atom is 0.342 e. The predicted octanol–water partition coefficient (Wildman–Crippen LogP) is 7.50. The molecule has 0 bridgehead atoms. The van der Waals surface area contributed by atoms with E-state index in [-0.39, 0.29) is 22.6 Å². The number of aliphatic carboxylic acids is 1. The van der Waals surface area contributed by atoms with E-state index in [2.05, 4.69) is 10.2 Å². The molecule has 0 spiro atoms. The summed E-state index contributed by atoms with van der Waals surface area (Å²) >= 11 is 18.9. The van der Waals surface area contributed by atoms with Gasteiger partial charge in [0.05, 0.1) is 7.11 Å². The summed E-state index contributed by atoms with van der Waals surface area (Å²) < 4.78 is 16.9. The standard InChI is InChI=1S/C25H17Cl3N2O5S/c1-33-21-10-14(2-9-20(21)34-13-16-5-8-18(27)12-19(16)28)11-22(24(31)32)36-25-30-29-23(35-25)15-3-6-17(26)7-4-15/h2-12H,13H2,1H3,(H,31,32)/b22-11-. The number of benzene rings is 3. The van der Waals surface area contributed by atoms with Crippen LogP contribution in [-0.4, -0.2) is 28.4 Å². The molecule has 1 N–H and O–H groups in total. The van der Waals surface area contributed by atoms with Crippen LogP contribution in [0.3, 0.4) is 0 Å². The van der Waals surface area contributed by atoms with Crippen LogP contribution >= 0.6 is 46.6 Å². The zero-order valence-corrected chi connectivity index (χ0v) is 21.7. The van der Waals surface area contributed by atoms with E-state index in [4.69, 9.17) is 48.7 Å². The first-order chi connectivity index (χ1) is 17.3. The van der Waals surface area contributed by atoms with E-state index in [1.807, 2.05) is 0 Å². The fraction of sp³-hybridized carbons (Fsp3) is 0.0800. The highest BCUT2D eigenvalue weighted by atomic mass is 35.5. The molecule has 3 aromatic carbocycles. The Balaban J connectivity index is 1.51. The Morgan fingerprint density at radius 2 is 1.75 bits per heavy atom. The van der Waals surface area contributed by atoms with Crippen LogP contribution in [0.4, 0.5) is 0 Å². The molecule has 36 heavy (non-hydrogen) atoms. The van der Waals surface area contributed by atoms with Crippen LogP contribution in [0.2, 0.25) is 15.1 Å². The Morgan fingerprint density at radius 3 is 2.44 bits per heavy atom. The summed E-state index contributed by atoms with van der Waals surface area (Å²) in [5.74, 6) is -0.00752. The molecule has 0 aliphatic heterocycles. The molecule has 11 heteroatoms. The van der Waals surface area contributed by atoms with Gasteiger partial charge in [0.2, 0.25) is 5.89 Å². The molecule has 1 heterocycles. The van der Waals surface area contributed by atoms with Crippen molar-refractivity contribution in [1.29, 1.82) is 0 Å². The van der Waals surface area contributed by atoms with Crippen molar-refractivity contribution in [3.05, 3.63) is 91.8 Å². The minimum atomic E-state index is -1.15. The molecule has 7 nitrogen and oxygen atoms in total. The molecule has 4 aromatic rings. The van der Waals surface area contributed by atoms with Crippen molar-refractivity contribution < 1.29 is 23.8 Å². The Hall–Kier alpha value is -3.17. The van der Waals surface area contributed by atoms with Crippen molar-refractivity contribution in [2.45, 2.75) is 11.8 Å². The minimum Gasteiger partial charge on any atom is -0.493 e. The number of nitrogens with zero attached hydrogens (tertiary/aromatic N) is 2. The van der Waals surface area contributed by atoms with Gasteiger partial charge >= 0.3 is 5.97 Å². The lowest BCUT2D eigenvalue weighted by Gasteiger charge is -2.12. The third-order valence-electron chi connectivity index (χ3n) is 4.79. The van der Waals surface area contributed by atoms with E-state index in [0.29, 0.717) is 37.7 Å². The summed E-state index contributed by atoms with van der Waals surface area (Å²) in [5.41, 5.74) is 2.00. The lowest BCUT2D eigenvalue weighted by Crippen LogP contribution is -1.99. The maximum absolute atomic E-state index is 11.9. The number of thioether (sulfide) groups is 1. The number of carbonyl (C=O) groups is 1. The van der Waals surface area contributed by atoms with Crippen LogP contribution in [0.5, 0.6) is 11.5 Å². The quantitative estimate of drug-likeness (QED) is 0.165. The van der Waals surface area contributed by atoms with Gasteiger partial charge in [-0.25, -0.2) is 4.79 Å². The molecular formula is C25H17Cl3N2O5S. The number of carboxylic acids is 1. The van der Waals surface area contributed by atoms with Gasteiger partial charge in [-0.1, -0.05) is 46.9 Å². The minimum absolute atomic E-state index is 0.0232. The van der Waals surface area contributed by atoms with E-state index in [1.165, 1.54) is 13.2 Å². The third-order valence-corrected chi connectivity index (χ3v) is 6.48. The smallest absolute Gasteiger partial charge is 0.342 e. The fourth-order valence-corrected chi connectivity index (χ4v) is 4.29. The van der Waals surface area contributed by atoms with Gasteiger partial charge in [0, 0.05) is 26.2 Å². The molecule has 1 aromatic heterocycles. The second-order valence-corrected chi connectivity index (χ2v) is 9.50. The van der Waals surface area contributed by atoms with Crippen LogP contribution in [0.1, 0.15) is 11.1 Å². The molecule has 0 saturated carbocycles. The number of hydrogen-bond acceptors (Lipinski definition) is 7. The van der Waals surface area contributed by atoms with Gasteiger partial charge in [-0.3, -0.25) is 0 Å². The van der Waals surface area contributed by atoms with E-state index in [0.717, 1.165) is 17.3 Å². The maximum atomic E-state index is 11.9. The van der Waals surface area contributed by atoms with Crippen molar-refractivity contribution in [3.8, 4) is 23.0 Å². The monoisotopic (exact) mass is 562 g/mol.